The third kappa shape index (κ3) is 5.92. The van der Waals surface area contributed by atoms with Gasteiger partial charge in [0.25, 0.3) is 10.0 Å². The molecule has 1 aliphatic rings. The first-order valence-corrected chi connectivity index (χ1v) is 13.5. The molecule has 3 aromatic carbocycles. The van der Waals surface area contributed by atoms with E-state index in [4.69, 9.17) is 0 Å². The molecule has 0 aliphatic carbocycles. The van der Waals surface area contributed by atoms with Crippen LogP contribution >= 0.6 is 0 Å². The van der Waals surface area contributed by atoms with E-state index in [1.54, 1.807) is 36.4 Å². The first-order chi connectivity index (χ1) is 16.9. The maximum Gasteiger partial charge on any atom is 0.264 e. The SMILES string of the molecule is Cc1cccc(N(CC(=O)NCc2ccccc2CN2CCCC2)S(=O)(=O)c2ccccc2)c1C. The van der Waals surface area contributed by atoms with Gasteiger partial charge >= 0.3 is 0 Å². The van der Waals surface area contributed by atoms with E-state index < -0.39 is 10.0 Å². The molecule has 0 aromatic heterocycles. The average Bonchev–Trinajstić information content (AvgIpc) is 3.37. The van der Waals surface area contributed by atoms with E-state index in [-0.39, 0.29) is 17.3 Å². The minimum absolute atomic E-state index is 0.157. The molecule has 0 spiro atoms. The number of amides is 1. The van der Waals surface area contributed by atoms with Crippen LogP contribution in [-0.4, -0.2) is 38.9 Å². The Bertz CT molecular complexity index is 1270. The molecule has 1 aliphatic heterocycles. The summed E-state index contributed by atoms with van der Waals surface area (Å²) >= 11 is 0. The molecule has 0 bridgehead atoms. The van der Waals surface area contributed by atoms with Crippen LogP contribution in [0.2, 0.25) is 0 Å². The van der Waals surface area contributed by atoms with Crippen molar-refractivity contribution >= 4 is 21.6 Å². The zero-order chi connectivity index (χ0) is 24.8. The van der Waals surface area contributed by atoms with Crippen LogP contribution in [0, 0.1) is 13.8 Å². The van der Waals surface area contributed by atoms with Gasteiger partial charge in [0.05, 0.1) is 10.6 Å². The fourth-order valence-corrected chi connectivity index (χ4v) is 5.97. The number of hydrogen-bond donors (Lipinski definition) is 1. The molecule has 35 heavy (non-hydrogen) atoms. The van der Waals surface area contributed by atoms with Gasteiger partial charge in [0.1, 0.15) is 6.54 Å². The second-order valence-corrected chi connectivity index (χ2v) is 10.9. The van der Waals surface area contributed by atoms with Gasteiger partial charge in [-0.1, -0.05) is 54.6 Å². The second-order valence-electron chi connectivity index (χ2n) is 9.07. The van der Waals surface area contributed by atoms with Crippen LogP contribution in [0.4, 0.5) is 5.69 Å². The number of anilines is 1. The summed E-state index contributed by atoms with van der Waals surface area (Å²) in [6.07, 6.45) is 2.45. The van der Waals surface area contributed by atoms with Gasteiger partial charge in [0, 0.05) is 13.1 Å². The summed E-state index contributed by atoms with van der Waals surface area (Å²) in [4.78, 5) is 15.7. The Morgan fingerprint density at radius 2 is 1.54 bits per heavy atom. The largest absolute Gasteiger partial charge is 0.350 e. The van der Waals surface area contributed by atoms with Gasteiger partial charge in [-0.2, -0.15) is 0 Å². The quantitative estimate of drug-likeness (QED) is 0.481. The third-order valence-electron chi connectivity index (χ3n) is 6.65. The lowest BCUT2D eigenvalue weighted by molar-refractivity contribution is -0.119. The first kappa shape index (κ1) is 24.9. The summed E-state index contributed by atoms with van der Waals surface area (Å²) in [5, 5.41) is 2.96. The topological polar surface area (TPSA) is 69.7 Å². The summed E-state index contributed by atoms with van der Waals surface area (Å²) in [6.45, 7) is 6.94. The smallest absolute Gasteiger partial charge is 0.264 e. The molecule has 4 rings (SSSR count). The van der Waals surface area contributed by atoms with E-state index in [9.17, 15) is 13.2 Å². The number of rotatable bonds is 9. The molecule has 7 heteroatoms. The first-order valence-electron chi connectivity index (χ1n) is 12.1. The summed E-state index contributed by atoms with van der Waals surface area (Å²) in [5.41, 5.74) is 4.55. The summed E-state index contributed by atoms with van der Waals surface area (Å²) < 4.78 is 28.4. The van der Waals surface area contributed by atoms with E-state index in [0.29, 0.717) is 12.2 Å². The normalized spacial score (nSPS) is 14.1. The standard InChI is InChI=1S/C28H33N3O3S/c1-22-11-10-16-27(23(22)2)31(35(33,34)26-14-4-3-5-15-26)21-28(32)29-19-24-12-6-7-13-25(24)20-30-17-8-9-18-30/h3-7,10-16H,8-9,17-21H2,1-2H3,(H,29,32). The predicted octanol–water partition coefficient (Wildman–Crippen LogP) is 4.41. The molecular formula is C28H33N3O3S. The Morgan fingerprint density at radius 1 is 0.886 bits per heavy atom. The van der Waals surface area contributed by atoms with Crippen molar-refractivity contribution in [2.24, 2.45) is 0 Å². The molecule has 1 heterocycles. The minimum Gasteiger partial charge on any atom is -0.350 e. The van der Waals surface area contributed by atoms with Crippen molar-refractivity contribution in [2.45, 2.75) is 44.7 Å². The number of carbonyl (C=O) groups excluding carboxylic acids is 1. The zero-order valence-corrected chi connectivity index (χ0v) is 21.2. The van der Waals surface area contributed by atoms with Crippen LogP contribution in [0.5, 0.6) is 0 Å². The van der Waals surface area contributed by atoms with Crippen molar-refractivity contribution in [3.8, 4) is 0 Å². The highest BCUT2D eigenvalue weighted by Gasteiger charge is 2.28. The van der Waals surface area contributed by atoms with E-state index >= 15 is 0 Å². The minimum atomic E-state index is -3.93. The number of benzene rings is 3. The maximum atomic E-state index is 13.6. The van der Waals surface area contributed by atoms with Crippen LogP contribution in [0.1, 0.15) is 35.1 Å². The molecule has 3 aromatic rings. The highest BCUT2D eigenvalue weighted by molar-refractivity contribution is 7.92. The Hall–Kier alpha value is -3.16. The van der Waals surface area contributed by atoms with E-state index in [2.05, 4.69) is 16.3 Å². The second kappa shape index (κ2) is 11.1. The Morgan fingerprint density at radius 3 is 2.26 bits per heavy atom. The Kier molecular flexibility index (Phi) is 7.88. The molecule has 0 radical (unpaired) electrons. The molecule has 1 N–H and O–H groups in total. The summed E-state index contributed by atoms with van der Waals surface area (Å²) in [7, 11) is -3.93. The van der Waals surface area contributed by atoms with E-state index in [1.807, 2.05) is 44.2 Å². The lowest BCUT2D eigenvalue weighted by atomic mass is 10.1. The van der Waals surface area contributed by atoms with Gasteiger partial charge in [-0.25, -0.2) is 8.42 Å². The number of likely N-dealkylation sites (tertiary alicyclic amines) is 1. The van der Waals surface area contributed by atoms with Crippen molar-refractivity contribution in [2.75, 3.05) is 23.9 Å². The van der Waals surface area contributed by atoms with Crippen LogP contribution < -0.4 is 9.62 Å². The van der Waals surface area contributed by atoms with Crippen molar-refractivity contribution in [3.63, 3.8) is 0 Å². The summed E-state index contributed by atoms with van der Waals surface area (Å²) in [5.74, 6) is -0.346. The monoisotopic (exact) mass is 491 g/mol. The van der Waals surface area contributed by atoms with Crippen molar-refractivity contribution in [1.29, 1.82) is 0 Å². The van der Waals surface area contributed by atoms with Crippen molar-refractivity contribution in [3.05, 3.63) is 95.1 Å². The zero-order valence-electron chi connectivity index (χ0n) is 20.4. The van der Waals surface area contributed by atoms with E-state index in [1.165, 1.54) is 22.7 Å². The van der Waals surface area contributed by atoms with Crippen LogP contribution in [0.3, 0.4) is 0 Å². The molecule has 6 nitrogen and oxygen atoms in total. The van der Waals surface area contributed by atoms with Gasteiger partial charge in [-0.3, -0.25) is 14.0 Å². The van der Waals surface area contributed by atoms with E-state index in [0.717, 1.165) is 36.3 Å². The number of hydrogen-bond acceptors (Lipinski definition) is 4. The van der Waals surface area contributed by atoms with Gasteiger partial charge in [0.15, 0.2) is 0 Å². The summed E-state index contributed by atoms with van der Waals surface area (Å²) in [6, 6.07) is 21.9. The lowest BCUT2D eigenvalue weighted by Gasteiger charge is -2.26. The maximum absolute atomic E-state index is 13.6. The van der Waals surface area contributed by atoms with Gasteiger partial charge in [-0.15, -0.1) is 0 Å². The van der Waals surface area contributed by atoms with Crippen molar-refractivity contribution in [1.82, 2.24) is 10.2 Å². The molecule has 0 unspecified atom stereocenters. The molecular weight excluding hydrogens is 458 g/mol. The number of sulfonamides is 1. The highest BCUT2D eigenvalue weighted by atomic mass is 32.2. The van der Waals surface area contributed by atoms with Gasteiger partial charge < -0.3 is 5.32 Å². The number of aryl methyl sites for hydroxylation is 1. The van der Waals surface area contributed by atoms with Crippen molar-refractivity contribution < 1.29 is 13.2 Å². The number of nitrogens with zero attached hydrogens (tertiary/aromatic N) is 2. The fourth-order valence-electron chi connectivity index (χ4n) is 4.47. The molecule has 1 saturated heterocycles. The number of nitrogens with one attached hydrogen (secondary N) is 1. The molecule has 184 valence electrons. The fraction of sp³-hybridized carbons (Fsp3) is 0.321. The molecule has 1 amide bonds. The molecule has 0 saturated carbocycles. The Balaban J connectivity index is 1.54. The van der Waals surface area contributed by atoms with Gasteiger partial charge in [0.2, 0.25) is 5.91 Å². The predicted molar refractivity (Wildman–Crippen MR) is 140 cm³/mol. The van der Waals surface area contributed by atoms with Crippen LogP contribution in [0.25, 0.3) is 0 Å². The van der Waals surface area contributed by atoms with Crippen LogP contribution in [-0.2, 0) is 27.9 Å². The average molecular weight is 492 g/mol. The number of carbonyl (C=O) groups is 1. The lowest BCUT2D eigenvalue weighted by Crippen LogP contribution is -2.41. The molecule has 0 atom stereocenters. The van der Waals surface area contributed by atoms with Crippen LogP contribution in [0.15, 0.2) is 77.7 Å². The van der Waals surface area contributed by atoms with Gasteiger partial charge in [-0.05, 0) is 80.2 Å². The molecule has 1 fully saturated rings. The third-order valence-corrected chi connectivity index (χ3v) is 8.42. The highest BCUT2D eigenvalue weighted by Crippen LogP contribution is 2.28. The Labute approximate surface area is 208 Å².